The number of hydrogen-bond acceptors (Lipinski definition) is 4. The number of carboxylic acids is 1. The summed E-state index contributed by atoms with van der Waals surface area (Å²) in [7, 11) is -4.13. The summed E-state index contributed by atoms with van der Waals surface area (Å²) in [5.74, 6) is -2.35. The zero-order valence-corrected chi connectivity index (χ0v) is 9.44. The van der Waals surface area contributed by atoms with E-state index in [9.17, 15) is 13.2 Å². The lowest BCUT2D eigenvalue weighted by molar-refractivity contribution is -0.136. The molecule has 17 heavy (non-hydrogen) atoms. The Hall–Kier alpha value is -2.09. The molecule has 0 fully saturated rings. The molecule has 0 bridgehead atoms. The summed E-state index contributed by atoms with van der Waals surface area (Å²) in [5.41, 5.74) is 4.95. The van der Waals surface area contributed by atoms with Crippen LogP contribution in [-0.2, 0) is 14.6 Å². The normalized spacial score (nSPS) is 12.7. The second-order valence-corrected chi connectivity index (χ2v) is 5.17. The summed E-state index contributed by atoms with van der Waals surface area (Å²) in [6.45, 7) is 0. The van der Waals surface area contributed by atoms with E-state index in [1.807, 2.05) is 5.32 Å². The van der Waals surface area contributed by atoms with Crippen LogP contribution in [0.5, 0.6) is 0 Å². The monoisotopic (exact) mass is 257 g/mol. The van der Waals surface area contributed by atoms with Crippen LogP contribution in [0.25, 0.3) is 0 Å². The van der Waals surface area contributed by atoms with E-state index < -0.39 is 27.1 Å². The molecular weight excluding hydrogens is 246 g/mol. The first kappa shape index (κ1) is 13.0. The minimum Gasteiger partial charge on any atom is -0.479 e. The molecule has 5 N–H and O–H groups in total. The van der Waals surface area contributed by atoms with Crippen LogP contribution in [0.1, 0.15) is 0 Å². The highest BCUT2D eigenvalue weighted by atomic mass is 32.2. The van der Waals surface area contributed by atoms with E-state index in [0.29, 0.717) is 0 Å². The zero-order chi connectivity index (χ0) is 13.1. The van der Waals surface area contributed by atoms with Crippen LogP contribution in [0, 0.1) is 5.41 Å². The maximum Gasteiger partial charge on any atom is 0.342 e. The van der Waals surface area contributed by atoms with Gasteiger partial charge in [0.1, 0.15) is 0 Å². The fourth-order valence-electron chi connectivity index (χ4n) is 1.16. The number of nitrogens with one attached hydrogen (secondary N) is 2. The molecular formula is C9H11N3O4S. The maximum absolute atomic E-state index is 11.9. The molecule has 0 saturated carbocycles. The van der Waals surface area contributed by atoms with Gasteiger partial charge in [0.25, 0.3) is 0 Å². The summed E-state index contributed by atoms with van der Waals surface area (Å²) in [6.07, 6.45) is 0. The number of sulfone groups is 1. The lowest BCUT2D eigenvalue weighted by atomic mass is 10.4. The standard InChI is InChI=1S/C9H11N3O4S/c10-9(11)12-7(8(13)14)17(15,16)6-4-2-1-3-5-6/h1-5,7H,(H,13,14)(H4,10,11,12). The molecule has 1 rings (SSSR count). The van der Waals surface area contributed by atoms with Gasteiger partial charge in [0, 0.05) is 0 Å². The Kier molecular flexibility index (Phi) is 3.69. The predicted octanol–water partition coefficient (Wildman–Crippen LogP) is -0.646. The molecule has 0 saturated heterocycles. The van der Waals surface area contributed by atoms with Gasteiger partial charge in [-0.25, -0.2) is 13.2 Å². The first-order valence-electron chi connectivity index (χ1n) is 4.48. The third-order valence-corrected chi connectivity index (χ3v) is 3.76. The maximum atomic E-state index is 11.9. The number of hydrogen-bond donors (Lipinski definition) is 4. The fourth-order valence-corrected chi connectivity index (χ4v) is 2.52. The van der Waals surface area contributed by atoms with E-state index in [0.717, 1.165) is 0 Å². The molecule has 0 aliphatic rings. The van der Waals surface area contributed by atoms with E-state index in [4.69, 9.17) is 16.2 Å². The molecule has 0 aromatic heterocycles. The molecule has 8 heteroatoms. The Morgan fingerprint density at radius 2 is 1.88 bits per heavy atom. The van der Waals surface area contributed by atoms with E-state index >= 15 is 0 Å². The second kappa shape index (κ2) is 4.83. The van der Waals surface area contributed by atoms with Gasteiger partial charge in [0.15, 0.2) is 5.96 Å². The Morgan fingerprint density at radius 3 is 2.29 bits per heavy atom. The molecule has 1 unspecified atom stereocenters. The van der Waals surface area contributed by atoms with Crippen molar-refractivity contribution in [2.45, 2.75) is 10.3 Å². The van der Waals surface area contributed by atoms with Crippen LogP contribution in [0.3, 0.4) is 0 Å². The van der Waals surface area contributed by atoms with Crippen molar-refractivity contribution in [3.05, 3.63) is 30.3 Å². The highest BCUT2D eigenvalue weighted by Crippen LogP contribution is 2.14. The van der Waals surface area contributed by atoms with Crippen LogP contribution in [0.2, 0.25) is 0 Å². The van der Waals surface area contributed by atoms with Gasteiger partial charge in [0.05, 0.1) is 4.90 Å². The molecule has 0 spiro atoms. The Bertz CT molecular complexity index is 526. The quantitative estimate of drug-likeness (QED) is 0.418. The lowest BCUT2D eigenvalue weighted by Crippen LogP contribution is -2.48. The van der Waals surface area contributed by atoms with Crippen molar-refractivity contribution in [3.63, 3.8) is 0 Å². The average Bonchev–Trinajstić information content (AvgIpc) is 2.26. The molecule has 0 heterocycles. The summed E-state index contributed by atoms with van der Waals surface area (Å²) in [6, 6.07) is 7.09. The molecule has 1 aromatic rings. The second-order valence-electron chi connectivity index (χ2n) is 3.13. The smallest absolute Gasteiger partial charge is 0.342 e. The topological polar surface area (TPSA) is 133 Å². The van der Waals surface area contributed by atoms with Crippen LogP contribution < -0.4 is 11.1 Å². The summed E-state index contributed by atoms with van der Waals surface area (Å²) < 4.78 is 23.8. The number of benzene rings is 1. The number of carboxylic acid groups (broad SMARTS) is 1. The van der Waals surface area contributed by atoms with Crippen LogP contribution in [0.4, 0.5) is 0 Å². The third-order valence-electron chi connectivity index (χ3n) is 1.89. The van der Waals surface area contributed by atoms with Crippen LogP contribution in [0.15, 0.2) is 35.2 Å². The van der Waals surface area contributed by atoms with Crippen molar-refractivity contribution in [1.82, 2.24) is 5.32 Å². The van der Waals surface area contributed by atoms with Crippen LogP contribution >= 0.6 is 0 Å². The van der Waals surface area contributed by atoms with Gasteiger partial charge in [-0.2, -0.15) is 0 Å². The summed E-state index contributed by atoms with van der Waals surface area (Å²) in [5, 5.41) is 15.6. The van der Waals surface area contributed by atoms with Gasteiger partial charge in [-0.15, -0.1) is 0 Å². The van der Waals surface area contributed by atoms with Gasteiger partial charge in [-0.05, 0) is 12.1 Å². The van der Waals surface area contributed by atoms with E-state index in [1.165, 1.54) is 24.3 Å². The Morgan fingerprint density at radius 1 is 1.35 bits per heavy atom. The highest BCUT2D eigenvalue weighted by Gasteiger charge is 2.34. The molecule has 0 amide bonds. The van der Waals surface area contributed by atoms with Crippen molar-refractivity contribution >= 4 is 21.8 Å². The van der Waals surface area contributed by atoms with Gasteiger partial charge >= 0.3 is 5.97 Å². The third kappa shape index (κ3) is 2.94. The number of rotatable bonds is 4. The molecule has 1 aromatic carbocycles. The predicted molar refractivity (Wildman–Crippen MR) is 60.1 cm³/mol. The van der Waals surface area contributed by atoms with E-state index in [2.05, 4.69) is 0 Å². The Balaban J connectivity index is 3.19. The van der Waals surface area contributed by atoms with E-state index in [-0.39, 0.29) is 4.90 Å². The van der Waals surface area contributed by atoms with Crippen LogP contribution in [-0.4, -0.2) is 30.8 Å². The number of carbonyl (C=O) groups is 1. The SMILES string of the molecule is N=C(N)NC(C(=O)O)S(=O)(=O)c1ccccc1. The van der Waals surface area contributed by atoms with Gasteiger partial charge < -0.3 is 16.2 Å². The lowest BCUT2D eigenvalue weighted by Gasteiger charge is -2.14. The number of guanidine groups is 1. The van der Waals surface area contributed by atoms with Crippen molar-refractivity contribution in [2.24, 2.45) is 5.73 Å². The first-order chi connectivity index (χ1) is 7.85. The molecule has 0 aliphatic carbocycles. The minimum absolute atomic E-state index is 0.152. The van der Waals surface area contributed by atoms with Crippen molar-refractivity contribution in [1.29, 1.82) is 5.41 Å². The molecule has 92 valence electrons. The zero-order valence-electron chi connectivity index (χ0n) is 8.62. The van der Waals surface area contributed by atoms with Crippen molar-refractivity contribution in [2.75, 3.05) is 0 Å². The first-order valence-corrected chi connectivity index (χ1v) is 6.02. The number of nitrogens with two attached hydrogens (primary N) is 1. The van der Waals surface area contributed by atoms with Gasteiger partial charge in [-0.3, -0.25) is 5.41 Å². The molecule has 0 aliphatic heterocycles. The molecule has 1 atom stereocenters. The minimum atomic E-state index is -4.13. The fraction of sp³-hybridized carbons (Fsp3) is 0.111. The Labute approximate surface area is 97.7 Å². The average molecular weight is 257 g/mol. The summed E-state index contributed by atoms with van der Waals surface area (Å²) in [4.78, 5) is 10.7. The van der Waals surface area contributed by atoms with E-state index in [1.54, 1.807) is 6.07 Å². The molecule has 0 radical (unpaired) electrons. The van der Waals surface area contributed by atoms with Gasteiger partial charge in [0.2, 0.25) is 15.2 Å². The summed E-state index contributed by atoms with van der Waals surface area (Å²) >= 11 is 0. The van der Waals surface area contributed by atoms with Crippen molar-refractivity contribution < 1.29 is 18.3 Å². The largest absolute Gasteiger partial charge is 0.479 e. The molecule has 7 nitrogen and oxygen atoms in total. The number of aliphatic carboxylic acids is 1. The van der Waals surface area contributed by atoms with Gasteiger partial charge in [-0.1, -0.05) is 18.2 Å². The highest BCUT2D eigenvalue weighted by molar-refractivity contribution is 7.92. The van der Waals surface area contributed by atoms with Crippen molar-refractivity contribution in [3.8, 4) is 0 Å².